The second-order valence-corrected chi connectivity index (χ2v) is 16.2. The molecule has 3 fully saturated rings. The van der Waals surface area contributed by atoms with Crippen molar-refractivity contribution in [2.24, 2.45) is 5.92 Å². The summed E-state index contributed by atoms with van der Waals surface area (Å²) in [5.74, 6) is -0.534. The number of fused-ring (bicyclic) bond motifs is 5. The number of nitrogens with one attached hydrogen (secondary N) is 2. The van der Waals surface area contributed by atoms with Crippen molar-refractivity contribution in [2.75, 3.05) is 45.1 Å². The standard InChI is InChI=1S/C45H53N5O4/c1-48-23-25-49(26-24-48)44(54)35-27-33-11-5-6-12-37(33)42-41(32-9-3-2-4-10-32)38-19-16-34(28-39(38)50(42)29-35)43(53)47-45(21-7-8-22-45)30-46-36-17-13-31(14-18-36)15-20-40(51)52/h5-6,11-20,28,32,35,46H,2-4,7-10,21-27,29-30H2,1H3,(H,47,53)(H,51,52). The van der Waals surface area contributed by atoms with Crippen LogP contribution in [0, 0.1) is 5.92 Å². The lowest BCUT2D eigenvalue weighted by molar-refractivity contribution is -0.137. The van der Waals surface area contributed by atoms with Gasteiger partial charge in [0.05, 0.1) is 17.2 Å². The van der Waals surface area contributed by atoms with Crippen LogP contribution in [0.2, 0.25) is 0 Å². The number of piperazine rings is 1. The van der Waals surface area contributed by atoms with Crippen LogP contribution >= 0.6 is 0 Å². The zero-order valence-electron chi connectivity index (χ0n) is 31.5. The summed E-state index contributed by atoms with van der Waals surface area (Å²) in [5, 5.41) is 17.2. The topological polar surface area (TPSA) is 107 Å². The van der Waals surface area contributed by atoms with Crippen molar-refractivity contribution >= 4 is 40.4 Å². The molecular weight excluding hydrogens is 675 g/mol. The second kappa shape index (κ2) is 15.5. The van der Waals surface area contributed by atoms with Crippen molar-refractivity contribution in [3.05, 3.63) is 95.1 Å². The van der Waals surface area contributed by atoms with Gasteiger partial charge < -0.3 is 30.1 Å². The monoisotopic (exact) mass is 727 g/mol. The number of amides is 2. The highest BCUT2D eigenvalue weighted by Gasteiger charge is 2.37. The molecule has 9 nitrogen and oxygen atoms in total. The molecule has 4 aliphatic rings. The highest BCUT2D eigenvalue weighted by atomic mass is 16.4. The van der Waals surface area contributed by atoms with Gasteiger partial charge in [0, 0.05) is 73.1 Å². The van der Waals surface area contributed by atoms with Gasteiger partial charge >= 0.3 is 5.97 Å². The van der Waals surface area contributed by atoms with E-state index in [1.807, 2.05) is 30.3 Å². The molecule has 3 N–H and O–H groups in total. The number of benzene rings is 3. The Balaban J connectivity index is 1.12. The van der Waals surface area contributed by atoms with Gasteiger partial charge in [0.1, 0.15) is 0 Å². The summed E-state index contributed by atoms with van der Waals surface area (Å²) in [6.45, 7) is 4.51. The summed E-state index contributed by atoms with van der Waals surface area (Å²) in [6, 6.07) is 22.7. The van der Waals surface area contributed by atoms with Crippen LogP contribution in [0.25, 0.3) is 28.2 Å². The van der Waals surface area contributed by atoms with Crippen molar-refractivity contribution in [1.82, 2.24) is 19.7 Å². The summed E-state index contributed by atoms with van der Waals surface area (Å²) < 4.78 is 2.42. The number of hydrogen-bond acceptors (Lipinski definition) is 5. The third-order valence-corrected chi connectivity index (χ3v) is 12.6. The molecule has 54 heavy (non-hydrogen) atoms. The molecule has 282 valence electrons. The second-order valence-electron chi connectivity index (χ2n) is 16.2. The van der Waals surface area contributed by atoms with Crippen molar-refractivity contribution in [3.8, 4) is 11.3 Å². The van der Waals surface area contributed by atoms with Gasteiger partial charge in [-0.25, -0.2) is 4.79 Å². The Morgan fingerprint density at radius 1 is 0.889 bits per heavy atom. The van der Waals surface area contributed by atoms with E-state index in [1.54, 1.807) is 6.08 Å². The Bertz CT molecular complexity index is 2050. The van der Waals surface area contributed by atoms with Crippen LogP contribution in [-0.2, 0) is 22.6 Å². The minimum atomic E-state index is -0.974. The summed E-state index contributed by atoms with van der Waals surface area (Å²) in [7, 11) is 2.12. The molecule has 3 aromatic carbocycles. The number of carboxylic acid groups (broad SMARTS) is 1. The average molecular weight is 728 g/mol. The van der Waals surface area contributed by atoms with Crippen molar-refractivity contribution < 1.29 is 19.5 Å². The van der Waals surface area contributed by atoms with E-state index in [-0.39, 0.29) is 23.3 Å². The van der Waals surface area contributed by atoms with E-state index in [0.717, 1.165) is 87.5 Å². The zero-order valence-corrected chi connectivity index (χ0v) is 31.5. The first kappa shape index (κ1) is 36.1. The van der Waals surface area contributed by atoms with Gasteiger partial charge in [0.2, 0.25) is 5.91 Å². The van der Waals surface area contributed by atoms with Crippen LogP contribution in [0.15, 0.2) is 72.8 Å². The Morgan fingerprint density at radius 2 is 1.63 bits per heavy atom. The van der Waals surface area contributed by atoms with Gasteiger partial charge in [-0.15, -0.1) is 0 Å². The number of aromatic nitrogens is 1. The molecule has 4 aromatic rings. The first-order valence-electron chi connectivity index (χ1n) is 20.1. The molecule has 2 amide bonds. The predicted octanol–water partition coefficient (Wildman–Crippen LogP) is 7.55. The fourth-order valence-electron chi connectivity index (χ4n) is 9.59. The van der Waals surface area contributed by atoms with Crippen LogP contribution in [0.5, 0.6) is 0 Å². The summed E-state index contributed by atoms with van der Waals surface area (Å²) in [5.41, 5.74) is 8.19. The van der Waals surface area contributed by atoms with Gasteiger partial charge in [0.25, 0.3) is 5.91 Å². The molecule has 2 aliphatic carbocycles. The molecule has 3 heterocycles. The quantitative estimate of drug-likeness (QED) is 0.154. The molecule has 2 aliphatic heterocycles. The smallest absolute Gasteiger partial charge is 0.328 e. The van der Waals surface area contributed by atoms with E-state index < -0.39 is 5.97 Å². The highest BCUT2D eigenvalue weighted by molar-refractivity contribution is 6.01. The van der Waals surface area contributed by atoms with Crippen LogP contribution < -0.4 is 10.6 Å². The zero-order chi connectivity index (χ0) is 37.2. The van der Waals surface area contributed by atoms with Gasteiger partial charge in [0.15, 0.2) is 0 Å². The van der Waals surface area contributed by atoms with E-state index in [1.165, 1.54) is 47.0 Å². The van der Waals surface area contributed by atoms with E-state index in [4.69, 9.17) is 5.11 Å². The molecule has 1 unspecified atom stereocenters. The number of carbonyl (C=O) groups is 3. The molecular formula is C45H53N5O4. The van der Waals surface area contributed by atoms with Crippen molar-refractivity contribution in [2.45, 2.75) is 82.2 Å². The Kier molecular flexibility index (Phi) is 10.3. The van der Waals surface area contributed by atoms with Crippen LogP contribution in [0.3, 0.4) is 0 Å². The van der Waals surface area contributed by atoms with E-state index >= 15 is 0 Å². The van der Waals surface area contributed by atoms with E-state index in [9.17, 15) is 14.4 Å². The fourth-order valence-corrected chi connectivity index (χ4v) is 9.59. The lowest BCUT2D eigenvalue weighted by atomic mass is 9.81. The Hall–Kier alpha value is -4.89. The lowest BCUT2D eigenvalue weighted by Crippen LogP contribution is -2.51. The summed E-state index contributed by atoms with van der Waals surface area (Å²) in [4.78, 5) is 43.9. The third kappa shape index (κ3) is 7.43. The number of carboxylic acids is 1. The van der Waals surface area contributed by atoms with Gasteiger partial charge in [-0.3, -0.25) is 9.59 Å². The lowest BCUT2D eigenvalue weighted by Gasteiger charge is -2.34. The first-order valence-corrected chi connectivity index (χ1v) is 20.1. The maximum absolute atomic E-state index is 14.3. The minimum absolute atomic E-state index is 0.0661. The molecule has 1 aromatic heterocycles. The maximum Gasteiger partial charge on any atom is 0.328 e. The van der Waals surface area contributed by atoms with Gasteiger partial charge in [-0.2, -0.15) is 0 Å². The average Bonchev–Trinajstić information content (AvgIpc) is 3.74. The van der Waals surface area contributed by atoms with Crippen molar-refractivity contribution in [1.29, 1.82) is 0 Å². The van der Waals surface area contributed by atoms with E-state index in [0.29, 0.717) is 31.0 Å². The fraction of sp³-hybridized carbons (Fsp3) is 0.444. The molecule has 0 bridgehead atoms. The molecule has 1 saturated heterocycles. The van der Waals surface area contributed by atoms with Crippen LogP contribution in [0.1, 0.15) is 90.8 Å². The molecule has 8 rings (SSSR count). The van der Waals surface area contributed by atoms with Crippen LogP contribution in [0.4, 0.5) is 5.69 Å². The number of hydrogen-bond donors (Lipinski definition) is 3. The molecule has 9 heteroatoms. The number of nitrogens with zero attached hydrogens (tertiary/aromatic N) is 3. The maximum atomic E-state index is 14.3. The highest BCUT2D eigenvalue weighted by Crippen LogP contribution is 2.47. The number of aliphatic carboxylic acids is 1. The summed E-state index contributed by atoms with van der Waals surface area (Å²) >= 11 is 0. The Labute approximate surface area is 318 Å². The van der Waals surface area contributed by atoms with Crippen molar-refractivity contribution in [3.63, 3.8) is 0 Å². The number of carbonyl (C=O) groups excluding carboxylic acids is 2. The minimum Gasteiger partial charge on any atom is -0.478 e. The third-order valence-electron chi connectivity index (χ3n) is 12.6. The SMILES string of the molecule is CN1CCN(C(=O)C2Cc3ccccc3-c3c(C4CCCCC4)c4ccc(C(=O)NC5(CNc6ccc(C=CC(=O)O)cc6)CCCC5)cc4n3C2)CC1. The molecule has 0 spiro atoms. The normalized spacial score (nSPS) is 20.4. The molecule has 0 radical (unpaired) electrons. The van der Waals surface area contributed by atoms with E-state index in [2.05, 4.69) is 68.4 Å². The molecule has 2 saturated carbocycles. The van der Waals surface area contributed by atoms with Gasteiger partial charge in [-0.1, -0.05) is 74.6 Å². The summed E-state index contributed by atoms with van der Waals surface area (Å²) in [6.07, 6.45) is 13.4. The number of likely N-dealkylation sites (N-methyl/N-ethyl adjacent to an activating group) is 1. The Morgan fingerprint density at radius 3 is 2.37 bits per heavy atom. The first-order chi connectivity index (χ1) is 26.3. The number of rotatable bonds is 9. The van der Waals surface area contributed by atoms with Crippen LogP contribution in [-0.4, -0.2) is 82.6 Å². The largest absolute Gasteiger partial charge is 0.478 e. The predicted molar refractivity (Wildman–Crippen MR) is 215 cm³/mol. The van der Waals surface area contributed by atoms with Gasteiger partial charge in [-0.05, 0) is 92.1 Å². The molecule has 1 atom stereocenters. The number of anilines is 1.